The summed E-state index contributed by atoms with van der Waals surface area (Å²) in [6.07, 6.45) is 1.38. The maximum absolute atomic E-state index is 6.07. The lowest BCUT2D eigenvalue weighted by Crippen LogP contribution is -3.14. The van der Waals surface area contributed by atoms with Gasteiger partial charge in [-0.3, -0.25) is 0 Å². The molecule has 2 nitrogen and oxygen atoms in total. The lowest BCUT2D eigenvalue weighted by molar-refractivity contribution is -0.912. The fraction of sp³-hybridized carbons (Fsp3) is 0.474. The molecular formula is C19H26NO+. The summed E-state index contributed by atoms with van der Waals surface area (Å²) in [5, 5.41) is 2.47. The highest BCUT2D eigenvalue weighted by atomic mass is 16.5. The van der Waals surface area contributed by atoms with Gasteiger partial charge in [0.2, 0.25) is 0 Å². The third-order valence-corrected chi connectivity index (χ3v) is 4.54. The van der Waals surface area contributed by atoms with Gasteiger partial charge in [-0.15, -0.1) is 0 Å². The molecule has 1 unspecified atom stereocenters. The van der Waals surface area contributed by atoms with Crippen LogP contribution in [0.3, 0.4) is 0 Å². The Morgan fingerprint density at radius 3 is 2.52 bits per heavy atom. The largest absolute Gasteiger partial charge is 0.487 e. The first-order valence-electron chi connectivity index (χ1n) is 8.16. The van der Waals surface area contributed by atoms with Gasteiger partial charge in [-0.2, -0.15) is 0 Å². The van der Waals surface area contributed by atoms with E-state index in [1.165, 1.54) is 30.3 Å². The van der Waals surface area contributed by atoms with Gasteiger partial charge in [-0.25, -0.2) is 0 Å². The van der Waals surface area contributed by atoms with E-state index in [1.807, 2.05) is 0 Å². The molecule has 2 aromatic rings. The van der Waals surface area contributed by atoms with Crippen molar-refractivity contribution in [1.29, 1.82) is 0 Å². The number of likely N-dealkylation sites (tertiary alicyclic amines) is 1. The molecule has 0 spiro atoms. The Kier molecular flexibility index (Phi) is 4.45. The zero-order valence-electron chi connectivity index (χ0n) is 13.1. The van der Waals surface area contributed by atoms with E-state index in [2.05, 4.69) is 56.3 Å². The lowest BCUT2D eigenvalue weighted by atomic mass is 9.92. The Labute approximate surface area is 127 Å². The van der Waals surface area contributed by atoms with Crippen LogP contribution in [0.2, 0.25) is 0 Å². The first-order valence-corrected chi connectivity index (χ1v) is 8.16. The third-order valence-electron chi connectivity index (χ3n) is 4.54. The van der Waals surface area contributed by atoms with Gasteiger partial charge in [0, 0.05) is 17.2 Å². The van der Waals surface area contributed by atoms with E-state index in [0.29, 0.717) is 0 Å². The highest BCUT2D eigenvalue weighted by molar-refractivity contribution is 5.88. The molecule has 21 heavy (non-hydrogen) atoms. The van der Waals surface area contributed by atoms with Gasteiger partial charge in [-0.1, -0.05) is 50.2 Å². The van der Waals surface area contributed by atoms with Gasteiger partial charge in [0.05, 0.1) is 13.1 Å². The van der Waals surface area contributed by atoms with Gasteiger partial charge >= 0.3 is 0 Å². The monoisotopic (exact) mass is 284 g/mol. The molecule has 3 rings (SSSR count). The van der Waals surface area contributed by atoms with Crippen molar-refractivity contribution >= 4 is 10.8 Å². The van der Waals surface area contributed by atoms with Crippen molar-refractivity contribution in [3.8, 4) is 5.75 Å². The van der Waals surface area contributed by atoms with Gasteiger partial charge in [0.1, 0.15) is 18.9 Å². The van der Waals surface area contributed by atoms with Crippen molar-refractivity contribution in [2.45, 2.75) is 20.3 Å². The van der Waals surface area contributed by atoms with E-state index in [9.17, 15) is 0 Å². The molecule has 1 fully saturated rings. The van der Waals surface area contributed by atoms with Crippen molar-refractivity contribution in [3.63, 3.8) is 0 Å². The van der Waals surface area contributed by atoms with Crippen molar-refractivity contribution < 1.29 is 9.64 Å². The fourth-order valence-electron chi connectivity index (χ4n) is 3.75. The molecule has 1 saturated heterocycles. The Bertz CT molecular complexity index is 580. The minimum absolute atomic E-state index is 0.808. The Hall–Kier alpha value is -1.54. The number of benzene rings is 2. The predicted octanol–water partition coefficient (Wildman–Crippen LogP) is 2.78. The molecule has 0 aromatic heterocycles. The van der Waals surface area contributed by atoms with Crippen LogP contribution < -0.4 is 9.64 Å². The molecule has 0 amide bonds. The van der Waals surface area contributed by atoms with Crippen LogP contribution in [0.5, 0.6) is 5.75 Å². The molecule has 0 saturated carbocycles. The van der Waals surface area contributed by atoms with Gasteiger partial charge in [0.15, 0.2) is 0 Å². The molecule has 0 radical (unpaired) electrons. The maximum Gasteiger partial charge on any atom is 0.137 e. The van der Waals surface area contributed by atoms with Crippen molar-refractivity contribution in [3.05, 3.63) is 42.5 Å². The Balaban J connectivity index is 1.59. The fourth-order valence-corrected chi connectivity index (χ4v) is 3.75. The second-order valence-electron chi connectivity index (χ2n) is 6.68. The summed E-state index contributed by atoms with van der Waals surface area (Å²) < 4.78 is 6.07. The molecular weight excluding hydrogens is 258 g/mol. The van der Waals surface area contributed by atoms with Gasteiger partial charge < -0.3 is 9.64 Å². The normalized spacial score (nSPS) is 25.9. The summed E-state index contributed by atoms with van der Waals surface area (Å²) in [7, 11) is 0. The lowest BCUT2D eigenvalue weighted by Gasteiger charge is -2.31. The second-order valence-corrected chi connectivity index (χ2v) is 6.68. The van der Waals surface area contributed by atoms with E-state index in [4.69, 9.17) is 4.74 Å². The molecule has 1 aliphatic rings. The maximum atomic E-state index is 6.07. The molecule has 3 atom stereocenters. The van der Waals surface area contributed by atoms with E-state index in [1.54, 1.807) is 4.90 Å². The molecule has 2 heteroatoms. The molecule has 0 bridgehead atoms. The van der Waals surface area contributed by atoms with Crippen molar-refractivity contribution in [1.82, 2.24) is 0 Å². The summed E-state index contributed by atoms with van der Waals surface area (Å²) in [6.45, 7) is 9.26. The zero-order chi connectivity index (χ0) is 14.7. The van der Waals surface area contributed by atoms with Gasteiger partial charge in [0.25, 0.3) is 0 Å². The van der Waals surface area contributed by atoms with Crippen LogP contribution in [0.25, 0.3) is 10.8 Å². The summed E-state index contributed by atoms with van der Waals surface area (Å²) in [4.78, 5) is 1.70. The third kappa shape index (κ3) is 3.56. The summed E-state index contributed by atoms with van der Waals surface area (Å²) in [5.74, 6) is 2.72. The van der Waals surface area contributed by atoms with E-state index < -0.39 is 0 Å². The topological polar surface area (TPSA) is 13.7 Å². The number of ether oxygens (including phenoxy) is 1. The van der Waals surface area contributed by atoms with Crippen LogP contribution in [-0.4, -0.2) is 26.2 Å². The quantitative estimate of drug-likeness (QED) is 0.911. The van der Waals surface area contributed by atoms with Gasteiger partial charge in [-0.05, 0) is 17.9 Å². The number of hydrogen-bond donors (Lipinski definition) is 1. The SMILES string of the molecule is C[C@@H]1C[C@H](C)C[NH+](CCOc2cccc3ccccc23)C1. The predicted molar refractivity (Wildman–Crippen MR) is 88.0 cm³/mol. The number of nitrogens with one attached hydrogen (secondary N) is 1. The Morgan fingerprint density at radius 1 is 1.00 bits per heavy atom. The molecule has 1 aliphatic heterocycles. The summed E-state index contributed by atoms with van der Waals surface area (Å²) in [5.41, 5.74) is 0. The summed E-state index contributed by atoms with van der Waals surface area (Å²) in [6, 6.07) is 14.7. The van der Waals surface area contributed by atoms with E-state index >= 15 is 0 Å². The Morgan fingerprint density at radius 2 is 1.71 bits per heavy atom. The van der Waals surface area contributed by atoms with Crippen molar-refractivity contribution in [2.24, 2.45) is 11.8 Å². The highest BCUT2D eigenvalue weighted by Crippen LogP contribution is 2.24. The van der Waals surface area contributed by atoms with Crippen LogP contribution >= 0.6 is 0 Å². The average molecular weight is 284 g/mol. The smallest absolute Gasteiger partial charge is 0.137 e. The van der Waals surface area contributed by atoms with Crippen LogP contribution in [0, 0.1) is 11.8 Å². The number of fused-ring (bicyclic) bond motifs is 1. The van der Waals surface area contributed by atoms with Crippen LogP contribution in [0.1, 0.15) is 20.3 Å². The molecule has 2 aromatic carbocycles. The zero-order valence-corrected chi connectivity index (χ0v) is 13.1. The highest BCUT2D eigenvalue weighted by Gasteiger charge is 2.24. The van der Waals surface area contributed by atoms with E-state index in [0.717, 1.165) is 30.7 Å². The van der Waals surface area contributed by atoms with Crippen LogP contribution in [0.4, 0.5) is 0 Å². The van der Waals surface area contributed by atoms with Crippen LogP contribution in [-0.2, 0) is 0 Å². The van der Waals surface area contributed by atoms with E-state index in [-0.39, 0.29) is 0 Å². The molecule has 1 heterocycles. The van der Waals surface area contributed by atoms with Crippen LogP contribution in [0.15, 0.2) is 42.5 Å². The molecule has 112 valence electrons. The average Bonchev–Trinajstić information content (AvgIpc) is 2.46. The first-order chi connectivity index (χ1) is 10.2. The second kappa shape index (κ2) is 6.48. The minimum atomic E-state index is 0.808. The standard InChI is InChI=1S/C19H25NO/c1-15-12-16(2)14-20(13-15)10-11-21-19-9-5-7-17-6-3-4-8-18(17)19/h3-9,15-16H,10-14H2,1-2H3/p+1/t15-,16+. The summed E-state index contributed by atoms with van der Waals surface area (Å²) >= 11 is 0. The molecule has 1 N–H and O–H groups in total. The number of piperidine rings is 1. The number of rotatable bonds is 4. The molecule has 0 aliphatic carbocycles. The number of hydrogen-bond acceptors (Lipinski definition) is 1. The number of quaternary nitrogens is 1. The first kappa shape index (κ1) is 14.4. The minimum Gasteiger partial charge on any atom is -0.487 e. The van der Waals surface area contributed by atoms with Crippen molar-refractivity contribution in [2.75, 3.05) is 26.2 Å².